The van der Waals surface area contributed by atoms with E-state index in [2.05, 4.69) is 18.0 Å². The van der Waals surface area contributed by atoms with Crippen molar-refractivity contribution in [2.75, 3.05) is 13.2 Å². The normalized spacial score (nSPS) is 13.8. The first kappa shape index (κ1) is 17.1. The lowest BCUT2D eigenvalue weighted by Gasteiger charge is -2.19. The summed E-state index contributed by atoms with van der Waals surface area (Å²) in [5.41, 5.74) is 2.20. The Labute approximate surface area is 159 Å². The van der Waals surface area contributed by atoms with Gasteiger partial charge in [0.15, 0.2) is 11.5 Å². The first-order chi connectivity index (χ1) is 12.5. The number of phenolic OH excluding ortho intramolecular Hbond substituents is 1. The van der Waals surface area contributed by atoms with Gasteiger partial charge in [-0.1, -0.05) is 0 Å². The predicted molar refractivity (Wildman–Crippen MR) is 103 cm³/mol. The highest BCUT2D eigenvalue weighted by atomic mass is 32.1. The number of carbonyl (C=O) groups is 1. The van der Waals surface area contributed by atoms with Gasteiger partial charge in [-0.15, -0.1) is 22.7 Å². The van der Waals surface area contributed by atoms with E-state index in [4.69, 9.17) is 4.74 Å². The van der Waals surface area contributed by atoms with Crippen LogP contribution in [0, 0.1) is 13.8 Å². The van der Waals surface area contributed by atoms with Crippen LogP contribution in [-0.2, 0) is 6.54 Å². The first-order valence-electron chi connectivity index (χ1n) is 8.28. The first-order valence-corrected chi connectivity index (χ1v) is 9.98. The molecule has 0 spiro atoms. The molecule has 26 heavy (non-hydrogen) atoms. The maximum atomic E-state index is 12.8. The summed E-state index contributed by atoms with van der Waals surface area (Å²) in [4.78, 5) is 21.1. The summed E-state index contributed by atoms with van der Waals surface area (Å²) in [6.07, 6.45) is 0. The number of aryl methyl sites for hydroxylation is 2. The number of rotatable bonds is 2. The maximum Gasteiger partial charge on any atom is 0.273 e. The quantitative estimate of drug-likeness (QED) is 0.716. The number of carbonyl (C=O) groups excluding carboxylic acids is 1. The van der Waals surface area contributed by atoms with Gasteiger partial charge in [-0.2, -0.15) is 0 Å². The third-order valence-corrected chi connectivity index (χ3v) is 6.09. The smallest absolute Gasteiger partial charge is 0.273 e. The minimum atomic E-state index is -0.109. The average molecular weight is 386 g/mol. The van der Waals surface area contributed by atoms with Crippen molar-refractivity contribution < 1.29 is 14.6 Å². The van der Waals surface area contributed by atoms with Crippen LogP contribution in [0.5, 0.6) is 11.5 Å². The van der Waals surface area contributed by atoms with E-state index in [1.54, 1.807) is 27.7 Å². The fourth-order valence-electron chi connectivity index (χ4n) is 3.03. The lowest BCUT2D eigenvalue weighted by Crippen LogP contribution is -2.32. The minimum absolute atomic E-state index is 0.109. The van der Waals surface area contributed by atoms with Gasteiger partial charge in [-0.05, 0) is 43.7 Å². The zero-order chi connectivity index (χ0) is 18.3. The number of aromatic nitrogens is 1. The molecule has 1 aromatic carbocycles. The molecule has 0 unspecified atom stereocenters. The van der Waals surface area contributed by atoms with Gasteiger partial charge in [0.25, 0.3) is 5.91 Å². The number of aromatic hydroxyl groups is 1. The highest BCUT2D eigenvalue weighted by molar-refractivity contribution is 7.15. The van der Waals surface area contributed by atoms with Crippen molar-refractivity contribution in [2.45, 2.75) is 20.4 Å². The third-order valence-electron chi connectivity index (χ3n) is 4.27. The molecule has 3 heterocycles. The number of amides is 1. The summed E-state index contributed by atoms with van der Waals surface area (Å²) in [7, 11) is 0. The molecule has 1 aliphatic heterocycles. The molecule has 0 fully saturated rings. The van der Waals surface area contributed by atoms with E-state index in [0.29, 0.717) is 31.1 Å². The fraction of sp³-hybridized carbons (Fsp3) is 0.263. The number of hydrogen-bond donors (Lipinski definition) is 1. The molecular weight excluding hydrogens is 368 g/mol. The molecule has 0 saturated carbocycles. The Bertz CT molecular complexity index is 977. The molecule has 0 aliphatic carbocycles. The molecule has 1 aliphatic rings. The van der Waals surface area contributed by atoms with Crippen LogP contribution in [0.2, 0.25) is 0 Å². The largest absolute Gasteiger partial charge is 0.504 e. The SMILES string of the molecule is Cc1ccc(-c2cc(O)c3c(c2)CN(C(=O)c2csc(C)n2)CCO3)s1. The third kappa shape index (κ3) is 3.20. The zero-order valence-electron chi connectivity index (χ0n) is 14.5. The number of phenols is 1. The van der Waals surface area contributed by atoms with E-state index >= 15 is 0 Å². The van der Waals surface area contributed by atoms with Crippen molar-refractivity contribution in [1.82, 2.24) is 9.88 Å². The number of benzene rings is 1. The van der Waals surface area contributed by atoms with E-state index in [9.17, 15) is 9.90 Å². The molecular formula is C19H18N2O3S2. The molecule has 134 valence electrons. The number of fused-ring (bicyclic) bond motifs is 1. The maximum absolute atomic E-state index is 12.8. The van der Waals surface area contributed by atoms with Crippen LogP contribution < -0.4 is 4.74 Å². The molecule has 7 heteroatoms. The molecule has 1 N–H and O–H groups in total. The molecule has 4 rings (SSSR count). The molecule has 5 nitrogen and oxygen atoms in total. The van der Waals surface area contributed by atoms with Gasteiger partial charge in [0.2, 0.25) is 0 Å². The Morgan fingerprint density at radius 1 is 1.31 bits per heavy atom. The summed E-state index contributed by atoms with van der Waals surface area (Å²) < 4.78 is 5.74. The Morgan fingerprint density at radius 3 is 2.85 bits per heavy atom. The Hall–Kier alpha value is -2.38. The van der Waals surface area contributed by atoms with Gasteiger partial charge in [-0.3, -0.25) is 4.79 Å². The predicted octanol–water partition coefficient (Wildman–Crippen LogP) is 4.23. The average Bonchev–Trinajstić information content (AvgIpc) is 3.17. The van der Waals surface area contributed by atoms with E-state index in [-0.39, 0.29) is 11.7 Å². The van der Waals surface area contributed by atoms with Gasteiger partial charge >= 0.3 is 0 Å². The van der Waals surface area contributed by atoms with Crippen molar-refractivity contribution in [3.05, 3.63) is 50.8 Å². The van der Waals surface area contributed by atoms with Gasteiger partial charge in [-0.25, -0.2) is 4.98 Å². The number of hydrogen-bond acceptors (Lipinski definition) is 6. The zero-order valence-corrected chi connectivity index (χ0v) is 16.1. The van der Waals surface area contributed by atoms with Crippen LogP contribution >= 0.6 is 22.7 Å². The molecule has 3 aromatic rings. The van der Waals surface area contributed by atoms with E-state index in [1.807, 2.05) is 19.1 Å². The van der Waals surface area contributed by atoms with Crippen molar-refractivity contribution >= 4 is 28.6 Å². The van der Waals surface area contributed by atoms with Crippen LogP contribution in [0.15, 0.2) is 29.6 Å². The second kappa shape index (κ2) is 6.74. The Kier molecular flexibility index (Phi) is 4.42. The van der Waals surface area contributed by atoms with Crippen molar-refractivity contribution in [3.8, 4) is 21.9 Å². The molecule has 2 aromatic heterocycles. The highest BCUT2D eigenvalue weighted by Gasteiger charge is 2.25. The van der Waals surface area contributed by atoms with Crippen LogP contribution in [0.25, 0.3) is 10.4 Å². The monoisotopic (exact) mass is 386 g/mol. The molecule has 0 saturated heterocycles. The summed E-state index contributed by atoms with van der Waals surface area (Å²) in [5.74, 6) is 0.469. The van der Waals surface area contributed by atoms with Crippen molar-refractivity contribution in [2.24, 2.45) is 0 Å². The van der Waals surface area contributed by atoms with Gasteiger partial charge < -0.3 is 14.7 Å². The number of nitrogens with zero attached hydrogens (tertiary/aromatic N) is 2. The summed E-state index contributed by atoms with van der Waals surface area (Å²) >= 11 is 3.13. The van der Waals surface area contributed by atoms with E-state index in [0.717, 1.165) is 21.0 Å². The number of thiophene rings is 1. The summed E-state index contributed by atoms with van der Waals surface area (Å²) in [5, 5.41) is 13.1. The Morgan fingerprint density at radius 2 is 2.15 bits per heavy atom. The van der Waals surface area contributed by atoms with Gasteiger partial charge in [0.05, 0.1) is 11.6 Å². The Balaban J connectivity index is 1.68. The summed E-state index contributed by atoms with van der Waals surface area (Å²) in [6, 6.07) is 7.82. The van der Waals surface area contributed by atoms with Crippen LogP contribution in [0.1, 0.15) is 25.9 Å². The number of thiazole rings is 1. The van der Waals surface area contributed by atoms with Gasteiger partial charge in [0.1, 0.15) is 12.3 Å². The second-order valence-corrected chi connectivity index (χ2v) is 8.57. The van der Waals surface area contributed by atoms with Crippen LogP contribution in [0.3, 0.4) is 0 Å². The van der Waals surface area contributed by atoms with Crippen molar-refractivity contribution in [1.29, 1.82) is 0 Å². The van der Waals surface area contributed by atoms with Crippen LogP contribution in [-0.4, -0.2) is 34.0 Å². The standard InChI is InChI=1S/C19H18N2O3S2/c1-11-3-4-17(26-11)13-7-14-9-21(5-6-24-18(14)16(22)8-13)19(23)15-10-25-12(2)20-15/h3-4,7-8,10,22H,5-6,9H2,1-2H3. The van der Waals surface area contributed by atoms with E-state index in [1.165, 1.54) is 16.2 Å². The van der Waals surface area contributed by atoms with Crippen LogP contribution in [0.4, 0.5) is 0 Å². The minimum Gasteiger partial charge on any atom is -0.504 e. The lowest BCUT2D eigenvalue weighted by atomic mass is 10.1. The molecule has 1 amide bonds. The van der Waals surface area contributed by atoms with Gasteiger partial charge in [0, 0.05) is 27.2 Å². The molecule has 0 bridgehead atoms. The fourth-order valence-corrected chi connectivity index (χ4v) is 4.47. The number of ether oxygens (including phenoxy) is 1. The lowest BCUT2D eigenvalue weighted by molar-refractivity contribution is 0.0728. The highest BCUT2D eigenvalue weighted by Crippen LogP contribution is 2.39. The van der Waals surface area contributed by atoms with E-state index < -0.39 is 0 Å². The summed E-state index contributed by atoms with van der Waals surface area (Å²) in [6.45, 7) is 5.12. The second-order valence-electron chi connectivity index (χ2n) is 6.22. The molecule has 0 atom stereocenters. The van der Waals surface area contributed by atoms with Crippen molar-refractivity contribution in [3.63, 3.8) is 0 Å². The molecule has 0 radical (unpaired) electrons. The topological polar surface area (TPSA) is 62.7 Å².